The Kier molecular flexibility index (Phi) is 4.10. The molecule has 0 radical (unpaired) electrons. The van der Waals surface area contributed by atoms with Gasteiger partial charge in [-0.2, -0.15) is 13.2 Å². The molecule has 0 aliphatic carbocycles. The van der Waals surface area contributed by atoms with E-state index in [1.807, 2.05) is 5.32 Å². The van der Waals surface area contributed by atoms with Crippen LogP contribution in [0, 0.1) is 0 Å². The molecule has 1 heterocycles. The summed E-state index contributed by atoms with van der Waals surface area (Å²) in [4.78, 5) is 23.2. The molecule has 8 heteroatoms. The molecule has 2 atom stereocenters. The van der Waals surface area contributed by atoms with Crippen molar-refractivity contribution < 1.29 is 22.8 Å². The highest BCUT2D eigenvalue weighted by molar-refractivity contribution is 6.00. The SMILES string of the molecule is CC1C(=O)NC(=O)CN1C(CCN)C(F)(F)F. The smallest absolute Gasteiger partial charge is 0.330 e. The number of alkyl halides is 3. The molecule has 3 N–H and O–H groups in total. The minimum Gasteiger partial charge on any atom is -0.330 e. The second kappa shape index (κ2) is 5.01. The van der Waals surface area contributed by atoms with Crippen LogP contribution >= 0.6 is 0 Å². The second-order valence-electron chi connectivity index (χ2n) is 3.90. The fourth-order valence-electron chi connectivity index (χ4n) is 1.79. The molecule has 17 heavy (non-hydrogen) atoms. The Balaban J connectivity index is 2.92. The van der Waals surface area contributed by atoms with E-state index >= 15 is 0 Å². The lowest BCUT2D eigenvalue weighted by molar-refractivity contribution is -0.193. The van der Waals surface area contributed by atoms with E-state index in [1.54, 1.807) is 0 Å². The van der Waals surface area contributed by atoms with Gasteiger partial charge in [-0.3, -0.25) is 19.8 Å². The van der Waals surface area contributed by atoms with Crippen LogP contribution in [0.1, 0.15) is 13.3 Å². The lowest BCUT2D eigenvalue weighted by Gasteiger charge is -2.38. The standard InChI is InChI=1S/C9H14F3N3O2/c1-5-8(17)14-7(16)4-15(5)6(2-3-13)9(10,11)12/h5-6H,2-4,13H2,1H3,(H,14,16,17). The molecule has 0 aromatic carbocycles. The molecule has 0 aromatic rings. The Morgan fingerprint density at radius 3 is 2.59 bits per heavy atom. The minimum absolute atomic E-state index is 0.163. The van der Waals surface area contributed by atoms with Crippen LogP contribution in [-0.4, -0.2) is 48.1 Å². The van der Waals surface area contributed by atoms with Gasteiger partial charge in [0.15, 0.2) is 0 Å². The van der Waals surface area contributed by atoms with Gasteiger partial charge in [0, 0.05) is 0 Å². The fraction of sp³-hybridized carbons (Fsp3) is 0.778. The Hall–Kier alpha value is -1.15. The van der Waals surface area contributed by atoms with Crippen molar-refractivity contribution in [1.82, 2.24) is 10.2 Å². The average Bonchev–Trinajstić information content (AvgIpc) is 2.18. The lowest BCUT2D eigenvalue weighted by atomic mass is 10.1. The first kappa shape index (κ1) is 13.9. The highest BCUT2D eigenvalue weighted by Gasteiger charge is 2.47. The largest absolute Gasteiger partial charge is 0.404 e. The molecule has 98 valence electrons. The first-order valence-electron chi connectivity index (χ1n) is 5.13. The maximum Gasteiger partial charge on any atom is 0.404 e. The number of hydrogen-bond acceptors (Lipinski definition) is 4. The summed E-state index contributed by atoms with van der Waals surface area (Å²) in [5.74, 6) is -1.44. The molecule has 1 aliphatic heterocycles. The molecule has 1 rings (SSSR count). The van der Waals surface area contributed by atoms with Gasteiger partial charge in [0.2, 0.25) is 11.8 Å². The Morgan fingerprint density at radius 2 is 2.12 bits per heavy atom. The fourth-order valence-corrected chi connectivity index (χ4v) is 1.79. The van der Waals surface area contributed by atoms with E-state index in [9.17, 15) is 22.8 Å². The molecule has 2 unspecified atom stereocenters. The van der Waals surface area contributed by atoms with Crippen LogP contribution in [0.25, 0.3) is 0 Å². The molecule has 0 spiro atoms. The molecule has 0 saturated carbocycles. The van der Waals surface area contributed by atoms with Gasteiger partial charge in [-0.1, -0.05) is 0 Å². The molecule has 1 fully saturated rings. The Bertz CT molecular complexity index is 319. The Morgan fingerprint density at radius 1 is 1.53 bits per heavy atom. The predicted molar refractivity (Wildman–Crippen MR) is 52.8 cm³/mol. The van der Waals surface area contributed by atoms with Gasteiger partial charge in [-0.25, -0.2) is 0 Å². The van der Waals surface area contributed by atoms with Crippen molar-refractivity contribution in [3.8, 4) is 0 Å². The monoisotopic (exact) mass is 253 g/mol. The number of imide groups is 1. The number of carbonyl (C=O) groups is 2. The van der Waals surface area contributed by atoms with E-state index in [0.717, 1.165) is 4.90 Å². The normalized spacial score (nSPS) is 24.6. The predicted octanol–water partition coefficient (Wildman–Crippen LogP) is -0.387. The number of nitrogens with one attached hydrogen (secondary N) is 1. The van der Waals surface area contributed by atoms with Crippen LogP contribution in [0.4, 0.5) is 13.2 Å². The highest BCUT2D eigenvalue weighted by atomic mass is 19.4. The second-order valence-corrected chi connectivity index (χ2v) is 3.90. The number of hydrogen-bond donors (Lipinski definition) is 2. The molecule has 0 aromatic heterocycles. The zero-order valence-corrected chi connectivity index (χ0v) is 9.25. The van der Waals surface area contributed by atoms with Crippen LogP contribution in [0.3, 0.4) is 0 Å². The summed E-state index contributed by atoms with van der Waals surface area (Å²) in [7, 11) is 0. The summed E-state index contributed by atoms with van der Waals surface area (Å²) in [6.45, 7) is 0.720. The van der Waals surface area contributed by atoms with Crippen LogP contribution < -0.4 is 11.1 Å². The van der Waals surface area contributed by atoms with Gasteiger partial charge in [-0.05, 0) is 19.9 Å². The summed E-state index contributed by atoms with van der Waals surface area (Å²) in [6.07, 6.45) is -4.85. The molecule has 2 amide bonds. The molecule has 5 nitrogen and oxygen atoms in total. The summed E-state index contributed by atoms with van der Waals surface area (Å²) >= 11 is 0. The van der Waals surface area contributed by atoms with Gasteiger partial charge >= 0.3 is 6.18 Å². The van der Waals surface area contributed by atoms with Crippen molar-refractivity contribution in [2.75, 3.05) is 13.1 Å². The number of nitrogens with zero attached hydrogens (tertiary/aromatic N) is 1. The van der Waals surface area contributed by atoms with E-state index in [0.29, 0.717) is 0 Å². The van der Waals surface area contributed by atoms with E-state index in [-0.39, 0.29) is 13.0 Å². The number of halogens is 3. The molecule has 1 saturated heterocycles. The van der Waals surface area contributed by atoms with E-state index in [1.165, 1.54) is 6.92 Å². The zero-order valence-electron chi connectivity index (χ0n) is 9.25. The summed E-state index contributed by atoms with van der Waals surface area (Å²) in [5, 5.41) is 1.99. The van der Waals surface area contributed by atoms with E-state index < -0.39 is 36.6 Å². The van der Waals surface area contributed by atoms with Crippen LogP contribution in [0.5, 0.6) is 0 Å². The van der Waals surface area contributed by atoms with Crippen molar-refractivity contribution in [3.05, 3.63) is 0 Å². The maximum atomic E-state index is 12.8. The first-order chi connectivity index (χ1) is 7.77. The zero-order chi connectivity index (χ0) is 13.2. The molecular formula is C9H14F3N3O2. The minimum atomic E-state index is -4.51. The van der Waals surface area contributed by atoms with Crippen LogP contribution in [-0.2, 0) is 9.59 Å². The van der Waals surface area contributed by atoms with Crippen molar-refractivity contribution >= 4 is 11.8 Å². The van der Waals surface area contributed by atoms with Crippen molar-refractivity contribution in [1.29, 1.82) is 0 Å². The third-order valence-corrected chi connectivity index (χ3v) is 2.68. The third-order valence-electron chi connectivity index (χ3n) is 2.68. The van der Waals surface area contributed by atoms with E-state index in [4.69, 9.17) is 5.73 Å². The van der Waals surface area contributed by atoms with Gasteiger partial charge < -0.3 is 5.73 Å². The van der Waals surface area contributed by atoms with Crippen molar-refractivity contribution in [3.63, 3.8) is 0 Å². The van der Waals surface area contributed by atoms with Crippen molar-refractivity contribution in [2.24, 2.45) is 5.73 Å². The van der Waals surface area contributed by atoms with E-state index in [2.05, 4.69) is 0 Å². The molecular weight excluding hydrogens is 239 g/mol. The molecule has 1 aliphatic rings. The lowest BCUT2D eigenvalue weighted by Crippen LogP contribution is -2.62. The van der Waals surface area contributed by atoms with Gasteiger partial charge in [0.1, 0.15) is 6.04 Å². The summed E-state index contributed by atoms with van der Waals surface area (Å²) < 4.78 is 38.3. The third kappa shape index (κ3) is 3.16. The van der Waals surface area contributed by atoms with Gasteiger partial charge in [0.25, 0.3) is 0 Å². The number of carbonyl (C=O) groups excluding carboxylic acids is 2. The maximum absolute atomic E-state index is 12.8. The summed E-state index contributed by atoms with van der Waals surface area (Å²) in [6, 6.07) is -2.86. The Labute approximate surface area is 96.1 Å². The first-order valence-corrected chi connectivity index (χ1v) is 5.13. The van der Waals surface area contributed by atoms with Gasteiger partial charge in [0.05, 0.1) is 12.6 Å². The number of amides is 2. The molecule has 0 bridgehead atoms. The highest BCUT2D eigenvalue weighted by Crippen LogP contribution is 2.29. The van der Waals surface area contributed by atoms with Crippen LogP contribution in [0.2, 0.25) is 0 Å². The number of piperazine rings is 1. The summed E-state index contributed by atoms with van der Waals surface area (Å²) in [5.41, 5.74) is 5.14. The van der Waals surface area contributed by atoms with Crippen molar-refractivity contribution in [2.45, 2.75) is 31.6 Å². The topological polar surface area (TPSA) is 75.4 Å². The quantitative estimate of drug-likeness (QED) is 0.672. The van der Waals surface area contributed by atoms with Gasteiger partial charge in [-0.15, -0.1) is 0 Å². The number of nitrogens with two attached hydrogens (primary N) is 1. The number of rotatable bonds is 3. The van der Waals surface area contributed by atoms with Crippen LogP contribution in [0.15, 0.2) is 0 Å². The average molecular weight is 253 g/mol.